The highest BCUT2D eigenvalue weighted by Crippen LogP contribution is 2.42. The molecule has 0 radical (unpaired) electrons. The standard InChI is InChI=1S/C18H27NO4.ClH/c1-5-8-9-14(19(6-2)7-3)17(20)13-10-15(21-4)18-16(11-13)22-12-23-18;/h10-11,14H,5-9,12H2,1-4H3;1H. The Bertz CT molecular complexity index is 546. The summed E-state index contributed by atoms with van der Waals surface area (Å²) in [5, 5.41) is 0. The lowest BCUT2D eigenvalue weighted by Gasteiger charge is -2.28. The smallest absolute Gasteiger partial charge is 0.231 e. The Balaban J connectivity index is 0.00000288. The zero-order chi connectivity index (χ0) is 16.8. The summed E-state index contributed by atoms with van der Waals surface area (Å²) in [6.07, 6.45) is 2.98. The lowest BCUT2D eigenvalue weighted by Crippen LogP contribution is -2.41. The summed E-state index contributed by atoms with van der Waals surface area (Å²) in [4.78, 5) is 15.3. The number of hydrogen-bond acceptors (Lipinski definition) is 5. The highest BCUT2D eigenvalue weighted by Gasteiger charge is 2.28. The summed E-state index contributed by atoms with van der Waals surface area (Å²) in [6.45, 7) is 8.22. The van der Waals surface area contributed by atoms with E-state index in [1.54, 1.807) is 19.2 Å². The van der Waals surface area contributed by atoms with E-state index in [9.17, 15) is 4.79 Å². The third-order valence-electron chi connectivity index (χ3n) is 4.33. The molecular weight excluding hydrogens is 330 g/mol. The number of rotatable bonds is 9. The maximum Gasteiger partial charge on any atom is 0.231 e. The molecule has 1 aromatic carbocycles. The summed E-state index contributed by atoms with van der Waals surface area (Å²) in [7, 11) is 1.57. The SMILES string of the molecule is CCCCC(C(=O)c1cc(OC)c2c(c1)OCO2)N(CC)CC.Cl. The van der Waals surface area contributed by atoms with Gasteiger partial charge in [0, 0.05) is 5.56 Å². The van der Waals surface area contributed by atoms with Gasteiger partial charge in [-0.15, -0.1) is 12.4 Å². The lowest BCUT2D eigenvalue weighted by molar-refractivity contribution is 0.0816. The van der Waals surface area contributed by atoms with Crippen molar-refractivity contribution in [3.63, 3.8) is 0 Å². The third-order valence-corrected chi connectivity index (χ3v) is 4.33. The molecule has 0 spiro atoms. The minimum absolute atomic E-state index is 0. The van der Waals surface area contributed by atoms with Crippen molar-refractivity contribution in [2.24, 2.45) is 0 Å². The van der Waals surface area contributed by atoms with E-state index in [1.165, 1.54) is 0 Å². The number of carbonyl (C=O) groups is 1. The van der Waals surface area contributed by atoms with Crippen molar-refractivity contribution in [2.45, 2.75) is 46.1 Å². The largest absolute Gasteiger partial charge is 0.493 e. The predicted molar refractivity (Wildman–Crippen MR) is 96.9 cm³/mol. The minimum Gasteiger partial charge on any atom is -0.493 e. The first-order valence-electron chi connectivity index (χ1n) is 8.42. The first-order valence-corrected chi connectivity index (χ1v) is 8.42. The number of halogens is 1. The first kappa shape index (κ1) is 20.6. The van der Waals surface area contributed by atoms with Crippen LogP contribution < -0.4 is 14.2 Å². The van der Waals surface area contributed by atoms with Gasteiger partial charge in [0.1, 0.15) is 0 Å². The number of carbonyl (C=O) groups excluding carboxylic acids is 1. The summed E-state index contributed by atoms with van der Waals surface area (Å²) in [5.74, 6) is 1.84. The molecule has 0 N–H and O–H groups in total. The fourth-order valence-electron chi connectivity index (χ4n) is 3.01. The van der Waals surface area contributed by atoms with Crippen LogP contribution in [0.3, 0.4) is 0 Å². The van der Waals surface area contributed by atoms with Crippen LogP contribution in [-0.4, -0.2) is 43.7 Å². The maximum absolute atomic E-state index is 13.1. The molecule has 1 aliphatic rings. The Labute approximate surface area is 150 Å². The molecule has 0 aliphatic carbocycles. The number of nitrogens with zero attached hydrogens (tertiary/aromatic N) is 1. The van der Waals surface area contributed by atoms with E-state index in [4.69, 9.17) is 14.2 Å². The van der Waals surface area contributed by atoms with Gasteiger partial charge in [0.15, 0.2) is 17.3 Å². The molecule has 0 saturated carbocycles. The van der Waals surface area contributed by atoms with E-state index in [-0.39, 0.29) is 31.0 Å². The van der Waals surface area contributed by atoms with E-state index in [0.29, 0.717) is 22.8 Å². The molecule has 136 valence electrons. The molecule has 5 nitrogen and oxygen atoms in total. The number of hydrogen-bond donors (Lipinski definition) is 0. The zero-order valence-corrected chi connectivity index (χ0v) is 15.8. The van der Waals surface area contributed by atoms with Crippen molar-refractivity contribution in [1.29, 1.82) is 0 Å². The van der Waals surface area contributed by atoms with E-state index >= 15 is 0 Å². The number of likely N-dealkylation sites (N-methyl/N-ethyl adjacent to an activating group) is 1. The van der Waals surface area contributed by atoms with Crippen molar-refractivity contribution in [2.75, 3.05) is 27.0 Å². The molecule has 2 rings (SSSR count). The van der Waals surface area contributed by atoms with Gasteiger partial charge in [-0.2, -0.15) is 0 Å². The molecule has 1 aromatic rings. The molecule has 1 aliphatic heterocycles. The molecule has 0 aromatic heterocycles. The van der Waals surface area contributed by atoms with Crippen LogP contribution in [0, 0.1) is 0 Å². The second-order valence-corrected chi connectivity index (χ2v) is 5.66. The van der Waals surface area contributed by atoms with Gasteiger partial charge in [-0.25, -0.2) is 0 Å². The van der Waals surface area contributed by atoms with E-state index in [2.05, 4.69) is 25.7 Å². The Morgan fingerprint density at radius 1 is 1.25 bits per heavy atom. The molecule has 0 amide bonds. The molecule has 0 saturated heterocycles. The number of unbranched alkanes of at least 4 members (excludes halogenated alkanes) is 1. The van der Waals surface area contributed by atoms with Crippen LogP contribution >= 0.6 is 12.4 Å². The van der Waals surface area contributed by atoms with Crippen molar-refractivity contribution in [1.82, 2.24) is 4.90 Å². The normalized spacial score (nSPS) is 13.5. The average Bonchev–Trinajstić information content (AvgIpc) is 3.05. The van der Waals surface area contributed by atoms with Crippen LogP contribution in [0.5, 0.6) is 17.2 Å². The van der Waals surface area contributed by atoms with Crippen LogP contribution in [0.4, 0.5) is 0 Å². The second kappa shape index (κ2) is 9.74. The summed E-state index contributed by atoms with van der Waals surface area (Å²) in [5.41, 5.74) is 0.624. The van der Waals surface area contributed by atoms with Gasteiger partial charge in [-0.1, -0.05) is 33.6 Å². The fourth-order valence-corrected chi connectivity index (χ4v) is 3.01. The monoisotopic (exact) mass is 357 g/mol. The Morgan fingerprint density at radius 2 is 1.96 bits per heavy atom. The molecule has 0 bridgehead atoms. The van der Waals surface area contributed by atoms with Crippen LogP contribution in [0.1, 0.15) is 50.4 Å². The van der Waals surface area contributed by atoms with Gasteiger partial charge in [0.05, 0.1) is 13.2 Å². The molecule has 6 heteroatoms. The molecule has 1 heterocycles. The number of fused-ring (bicyclic) bond motifs is 1. The third kappa shape index (κ3) is 4.33. The minimum atomic E-state index is -0.102. The Hall–Kier alpha value is -1.46. The van der Waals surface area contributed by atoms with Crippen molar-refractivity contribution >= 4 is 18.2 Å². The van der Waals surface area contributed by atoms with E-state index in [1.807, 2.05) is 0 Å². The number of ether oxygens (including phenoxy) is 3. The number of Topliss-reactive ketones (excluding diaryl/α,β-unsaturated/α-hetero) is 1. The van der Waals surface area contributed by atoms with Crippen molar-refractivity contribution in [3.8, 4) is 17.2 Å². The van der Waals surface area contributed by atoms with Gasteiger partial charge in [-0.05, 0) is 31.6 Å². The average molecular weight is 358 g/mol. The summed E-state index contributed by atoms with van der Waals surface area (Å²) < 4.78 is 16.2. The van der Waals surface area contributed by atoms with Crippen LogP contribution in [0.2, 0.25) is 0 Å². The van der Waals surface area contributed by atoms with Gasteiger partial charge in [-0.3, -0.25) is 9.69 Å². The van der Waals surface area contributed by atoms with Crippen LogP contribution in [0.15, 0.2) is 12.1 Å². The van der Waals surface area contributed by atoms with Crippen LogP contribution in [0.25, 0.3) is 0 Å². The Kier molecular flexibility index (Phi) is 8.36. The predicted octanol–water partition coefficient (Wildman–Crippen LogP) is 3.93. The zero-order valence-electron chi connectivity index (χ0n) is 15.0. The van der Waals surface area contributed by atoms with E-state index in [0.717, 1.165) is 32.4 Å². The number of methoxy groups -OCH3 is 1. The molecule has 1 unspecified atom stereocenters. The molecule has 1 atom stereocenters. The van der Waals surface area contributed by atoms with E-state index < -0.39 is 0 Å². The number of ketones is 1. The van der Waals surface area contributed by atoms with Gasteiger partial charge in [0.25, 0.3) is 0 Å². The lowest BCUT2D eigenvalue weighted by atomic mass is 9.97. The van der Waals surface area contributed by atoms with Crippen LogP contribution in [-0.2, 0) is 0 Å². The summed E-state index contributed by atoms with van der Waals surface area (Å²) >= 11 is 0. The van der Waals surface area contributed by atoms with Gasteiger partial charge >= 0.3 is 0 Å². The number of benzene rings is 1. The first-order chi connectivity index (χ1) is 11.2. The molecule has 24 heavy (non-hydrogen) atoms. The fraction of sp³-hybridized carbons (Fsp3) is 0.611. The van der Waals surface area contributed by atoms with Gasteiger partial charge < -0.3 is 14.2 Å². The second-order valence-electron chi connectivity index (χ2n) is 5.66. The maximum atomic E-state index is 13.1. The van der Waals surface area contributed by atoms with Crippen molar-refractivity contribution in [3.05, 3.63) is 17.7 Å². The molecular formula is C18H28ClNO4. The quantitative estimate of drug-likeness (QED) is 0.627. The highest BCUT2D eigenvalue weighted by molar-refractivity contribution is 6.01. The summed E-state index contributed by atoms with van der Waals surface area (Å²) in [6, 6.07) is 3.43. The van der Waals surface area contributed by atoms with Crippen molar-refractivity contribution < 1.29 is 19.0 Å². The highest BCUT2D eigenvalue weighted by atomic mass is 35.5. The Morgan fingerprint density at radius 3 is 2.54 bits per heavy atom. The topological polar surface area (TPSA) is 48.0 Å². The molecule has 0 fully saturated rings. The van der Waals surface area contributed by atoms with Gasteiger partial charge in [0.2, 0.25) is 12.5 Å².